The van der Waals surface area contributed by atoms with E-state index in [0.29, 0.717) is 24.3 Å². The third-order valence-electron chi connectivity index (χ3n) is 5.82. The summed E-state index contributed by atoms with van der Waals surface area (Å²) in [6, 6.07) is 6.64. The van der Waals surface area contributed by atoms with E-state index < -0.39 is 0 Å². The third-order valence-corrected chi connectivity index (χ3v) is 5.82. The number of amides is 1. The number of nitrogens with zero attached hydrogens (tertiary/aromatic N) is 2. The summed E-state index contributed by atoms with van der Waals surface area (Å²) in [5, 5.41) is 0. The highest BCUT2D eigenvalue weighted by Gasteiger charge is 2.43. The minimum atomic E-state index is 0.314. The van der Waals surface area contributed by atoms with E-state index in [9.17, 15) is 4.79 Å². The Morgan fingerprint density at radius 2 is 2.08 bits per heavy atom. The number of rotatable bonds is 4. The molecule has 2 aliphatic heterocycles. The average molecular weight is 330 g/mol. The number of benzene rings is 1. The molecule has 1 aromatic carbocycles. The molecule has 0 aromatic heterocycles. The van der Waals surface area contributed by atoms with Crippen LogP contribution in [0.1, 0.15) is 29.9 Å². The van der Waals surface area contributed by atoms with Crippen molar-refractivity contribution in [2.24, 2.45) is 0 Å². The van der Waals surface area contributed by atoms with Gasteiger partial charge in [0.2, 0.25) is 5.91 Å². The summed E-state index contributed by atoms with van der Waals surface area (Å²) in [5.74, 6) is 1.63. The number of methoxy groups -OCH3 is 1. The highest BCUT2D eigenvalue weighted by Crippen LogP contribution is 2.44. The molecule has 1 aliphatic carbocycles. The Kier molecular flexibility index (Phi) is 4.46. The number of ether oxygens (including phenoxy) is 2. The number of morpholine rings is 1. The Balaban J connectivity index is 1.48. The molecule has 0 N–H and O–H groups in total. The Morgan fingerprint density at radius 3 is 2.88 bits per heavy atom. The molecule has 1 aromatic rings. The molecule has 24 heavy (non-hydrogen) atoms. The van der Waals surface area contributed by atoms with Crippen molar-refractivity contribution in [2.75, 3.05) is 46.5 Å². The number of carbonyl (C=O) groups excluding carboxylic acids is 1. The fourth-order valence-electron chi connectivity index (χ4n) is 4.56. The lowest BCUT2D eigenvalue weighted by Crippen LogP contribution is -2.45. The van der Waals surface area contributed by atoms with Crippen molar-refractivity contribution in [3.63, 3.8) is 0 Å². The van der Waals surface area contributed by atoms with Crippen molar-refractivity contribution >= 4 is 5.91 Å². The Morgan fingerprint density at radius 1 is 1.25 bits per heavy atom. The Bertz CT molecular complexity index is 613. The van der Waals surface area contributed by atoms with Crippen LogP contribution < -0.4 is 4.74 Å². The predicted octanol–water partition coefficient (Wildman–Crippen LogP) is 1.66. The van der Waals surface area contributed by atoms with Gasteiger partial charge in [-0.15, -0.1) is 0 Å². The van der Waals surface area contributed by atoms with Crippen LogP contribution in [0, 0.1) is 0 Å². The molecular weight excluding hydrogens is 304 g/mol. The van der Waals surface area contributed by atoms with Gasteiger partial charge in [-0.3, -0.25) is 9.69 Å². The fourth-order valence-corrected chi connectivity index (χ4v) is 4.56. The van der Waals surface area contributed by atoms with Gasteiger partial charge in [-0.2, -0.15) is 0 Å². The minimum Gasteiger partial charge on any atom is -0.496 e. The third kappa shape index (κ3) is 2.80. The van der Waals surface area contributed by atoms with Gasteiger partial charge in [-0.1, -0.05) is 12.1 Å². The molecule has 3 aliphatic rings. The smallest absolute Gasteiger partial charge is 0.223 e. The maximum atomic E-state index is 12.6. The van der Waals surface area contributed by atoms with Gasteiger partial charge in [0.05, 0.1) is 20.3 Å². The second kappa shape index (κ2) is 6.73. The van der Waals surface area contributed by atoms with E-state index in [2.05, 4.69) is 21.9 Å². The standard InChI is InChI=1S/C19H26N2O3/c1-23-18-4-2-3-14-15(18)5-6-17-16(14)13-19(22)21(17)8-7-20-9-11-24-12-10-20/h2-4,16-17H,5-13H2,1H3. The predicted molar refractivity (Wildman–Crippen MR) is 91.4 cm³/mol. The van der Waals surface area contributed by atoms with Crippen LogP contribution in [0.5, 0.6) is 5.75 Å². The van der Waals surface area contributed by atoms with Gasteiger partial charge in [0, 0.05) is 44.6 Å². The van der Waals surface area contributed by atoms with E-state index >= 15 is 0 Å². The van der Waals surface area contributed by atoms with Gasteiger partial charge >= 0.3 is 0 Å². The first-order chi connectivity index (χ1) is 11.8. The van der Waals surface area contributed by atoms with Gasteiger partial charge in [0.25, 0.3) is 0 Å². The highest BCUT2D eigenvalue weighted by molar-refractivity contribution is 5.81. The molecule has 0 spiro atoms. The summed E-state index contributed by atoms with van der Waals surface area (Å²) in [7, 11) is 1.73. The largest absolute Gasteiger partial charge is 0.496 e. The van der Waals surface area contributed by atoms with E-state index in [1.54, 1.807) is 7.11 Å². The van der Waals surface area contributed by atoms with Crippen LogP contribution in [0.3, 0.4) is 0 Å². The molecule has 2 unspecified atom stereocenters. The average Bonchev–Trinajstić information content (AvgIpc) is 2.96. The zero-order valence-electron chi connectivity index (χ0n) is 14.4. The number of likely N-dealkylation sites (tertiary alicyclic amines) is 1. The lowest BCUT2D eigenvalue weighted by atomic mass is 9.79. The van der Waals surface area contributed by atoms with Crippen LogP contribution in [0.15, 0.2) is 18.2 Å². The summed E-state index contributed by atoms with van der Waals surface area (Å²) < 4.78 is 10.9. The van der Waals surface area contributed by atoms with Crippen LogP contribution >= 0.6 is 0 Å². The maximum absolute atomic E-state index is 12.6. The molecule has 1 amide bonds. The summed E-state index contributed by atoms with van der Waals surface area (Å²) in [5.41, 5.74) is 2.64. The number of hydrogen-bond acceptors (Lipinski definition) is 4. The van der Waals surface area contributed by atoms with Crippen LogP contribution in [0.25, 0.3) is 0 Å². The molecule has 5 heteroatoms. The molecule has 4 rings (SSSR count). The molecule has 2 saturated heterocycles. The quantitative estimate of drug-likeness (QED) is 0.842. The van der Waals surface area contributed by atoms with Crippen LogP contribution in [0.2, 0.25) is 0 Å². The van der Waals surface area contributed by atoms with Crippen molar-refractivity contribution < 1.29 is 14.3 Å². The number of fused-ring (bicyclic) bond motifs is 3. The van der Waals surface area contributed by atoms with Gasteiger partial charge in [-0.05, 0) is 30.0 Å². The van der Waals surface area contributed by atoms with Crippen LogP contribution in [0.4, 0.5) is 0 Å². The van der Waals surface area contributed by atoms with E-state index in [4.69, 9.17) is 9.47 Å². The van der Waals surface area contributed by atoms with E-state index in [-0.39, 0.29) is 0 Å². The van der Waals surface area contributed by atoms with Crippen molar-refractivity contribution in [1.82, 2.24) is 9.80 Å². The highest BCUT2D eigenvalue weighted by atomic mass is 16.5. The van der Waals surface area contributed by atoms with Crippen LogP contribution in [-0.4, -0.2) is 68.3 Å². The van der Waals surface area contributed by atoms with Gasteiger partial charge in [0.1, 0.15) is 5.75 Å². The number of hydrogen-bond donors (Lipinski definition) is 0. The SMILES string of the molecule is COc1cccc2c1CCC1C2CC(=O)N1CCN1CCOCC1. The molecule has 2 fully saturated rings. The monoisotopic (exact) mass is 330 g/mol. The van der Waals surface area contributed by atoms with Gasteiger partial charge in [-0.25, -0.2) is 0 Å². The second-order valence-corrected chi connectivity index (χ2v) is 6.99. The van der Waals surface area contributed by atoms with Crippen molar-refractivity contribution in [2.45, 2.75) is 31.2 Å². The van der Waals surface area contributed by atoms with Crippen molar-refractivity contribution in [3.05, 3.63) is 29.3 Å². The van der Waals surface area contributed by atoms with E-state index in [1.807, 2.05) is 6.07 Å². The first kappa shape index (κ1) is 15.9. The Hall–Kier alpha value is -1.59. The number of carbonyl (C=O) groups is 1. The topological polar surface area (TPSA) is 42.0 Å². The Labute approximate surface area is 143 Å². The lowest BCUT2D eigenvalue weighted by Gasteiger charge is -2.35. The van der Waals surface area contributed by atoms with E-state index in [1.165, 1.54) is 11.1 Å². The summed E-state index contributed by atoms with van der Waals surface area (Å²) >= 11 is 0. The van der Waals surface area contributed by atoms with Crippen LogP contribution in [-0.2, 0) is 16.0 Å². The molecule has 130 valence electrons. The summed E-state index contributed by atoms with van der Waals surface area (Å²) in [4.78, 5) is 17.2. The molecule has 5 nitrogen and oxygen atoms in total. The van der Waals surface area contributed by atoms with Gasteiger partial charge < -0.3 is 14.4 Å². The maximum Gasteiger partial charge on any atom is 0.223 e. The molecule has 0 radical (unpaired) electrons. The van der Waals surface area contributed by atoms with Gasteiger partial charge in [0.15, 0.2) is 0 Å². The molecular formula is C19H26N2O3. The zero-order valence-corrected chi connectivity index (χ0v) is 14.4. The molecule has 2 atom stereocenters. The normalized spacial score (nSPS) is 27.0. The van der Waals surface area contributed by atoms with Crippen molar-refractivity contribution in [3.8, 4) is 5.75 Å². The first-order valence-corrected chi connectivity index (χ1v) is 9.03. The summed E-state index contributed by atoms with van der Waals surface area (Å²) in [6.45, 7) is 5.40. The molecule has 0 saturated carbocycles. The fraction of sp³-hybridized carbons (Fsp3) is 0.632. The zero-order chi connectivity index (χ0) is 16.5. The second-order valence-electron chi connectivity index (χ2n) is 6.99. The van der Waals surface area contributed by atoms with Crippen molar-refractivity contribution in [1.29, 1.82) is 0 Å². The van der Waals surface area contributed by atoms with E-state index in [0.717, 1.165) is 58.0 Å². The molecule has 2 heterocycles. The minimum absolute atomic E-state index is 0.314. The first-order valence-electron chi connectivity index (χ1n) is 9.03. The summed E-state index contributed by atoms with van der Waals surface area (Å²) in [6.07, 6.45) is 2.70. The molecule has 0 bridgehead atoms. The lowest BCUT2D eigenvalue weighted by molar-refractivity contribution is -0.129.